The largest absolute Gasteiger partial charge is 0.312 e. The molecule has 2 rings (SSSR count). The van der Waals surface area contributed by atoms with Crippen molar-refractivity contribution in [1.29, 1.82) is 0 Å². The van der Waals surface area contributed by atoms with Gasteiger partial charge >= 0.3 is 0 Å². The Hall–Kier alpha value is -0.960. The zero-order chi connectivity index (χ0) is 15.5. The van der Waals surface area contributed by atoms with Gasteiger partial charge in [-0.05, 0) is 76.1 Å². The lowest BCUT2D eigenvalue weighted by atomic mass is 9.76. The highest BCUT2D eigenvalue weighted by atomic mass is 19.2. The molecule has 2 atom stereocenters. The van der Waals surface area contributed by atoms with Crippen molar-refractivity contribution in [3.63, 3.8) is 0 Å². The highest BCUT2D eigenvalue weighted by molar-refractivity contribution is 5.18. The lowest BCUT2D eigenvalue weighted by molar-refractivity contribution is 0.213. The summed E-state index contributed by atoms with van der Waals surface area (Å²) in [5, 5.41) is 3.59. The van der Waals surface area contributed by atoms with Gasteiger partial charge < -0.3 is 5.32 Å². The summed E-state index contributed by atoms with van der Waals surface area (Å²) < 4.78 is 26.4. The molecule has 0 spiro atoms. The van der Waals surface area contributed by atoms with Gasteiger partial charge in [-0.2, -0.15) is 0 Å². The zero-order valence-electron chi connectivity index (χ0n) is 13.4. The first-order chi connectivity index (χ1) is 9.85. The summed E-state index contributed by atoms with van der Waals surface area (Å²) in [4.78, 5) is 0. The molecule has 1 aliphatic carbocycles. The third-order valence-electron chi connectivity index (χ3n) is 4.44. The van der Waals surface area contributed by atoms with Crippen LogP contribution in [0.4, 0.5) is 8.78 Å². The van der Waals surface area contributed by atoms with Gasteiger partial charge in [0.1, 0.15) is 0 Å². The van der Waals surface area contributed by atoms with E-state index in [2.05, 4.69) is 26.1 Å². The fourth-order valence-corrected chi connectivity index (χ4v) is 3.23. The van der Waals surface area contributed by atoms with E-state index in [1.54, 1.807) is 6.07 Å². The molecule has 1 fully saturated rings. The molecular weight excluding hydrogens is 268 g/mol. The molecule has 0 heterocycles. The second kappa shape index (κ2) is 6.87. The molecule has 0 bridgehead atoms. The summed E-state index contributed by atoms with van der Waals surface area (Å²) in [6, 6.07) is 4.33. The fraction of sp³-hybridized carbons (Fsp3) is 0.667. The molecule has 1 nitrogen and oxygen atoms in total. The Morgan fingerprint density at radius 3 is 2.33 bits per heavy atom. The Bertz CT molecular complexity index is 465. The lowest BCUT2D eigenvalue weighted by Gasteiger charge is -2.34. The van der Waals surface area contributed by atoms with Crippen LogP contribution < -0.4 is 5.32 Å². The van der Waals surface area contributed by atoms with Crippen molar-refractivity contribution in [3.8, 4) is 0 Å². The van der Waals surface area contributed by atoms with Crippen LogP contribution in [0.15, 0.2) is 18.2 Å². The van der Waals surface area contributed by atoms with Gasteiger partial charge in [0.05, 0.1) is 0 Å². The minimum absolute atomic E-state index is 0.129. The van der Waals surface area contributed by atoms with Crippen molar-refractivity contribution in [2.45, 2.75) is 58.4 Å². The van der Waals surface area contributed by atoms with Gasteiger partial charge in [-0.1, -0.05) is 18.9 Å². The zero-order valence-corrected chi connectivity index (χ0v) is 13.4. The maximum atomic E-state index is 13.3. The van der Waals surface area contributed by atoms with E-state index in [0.29, 0.717) is 11.8 Å². The molecular formula is C18H27F2N. The van der Waals surface area contributed by atoms with Gasteiger partial charge in [0.2, 0.25) is 0 Å². The van der Waals surface area contributed by atoms with E-state index >= 15 is 0 Å². The Labute approximate surface area is 127 Å². The molecule has 1 aliphatic rings. The molecule has 1 aromatic rings. The molecule has 0 radical (unpaired) electrons. The van der Waals surface area contributed by atoms with E-state index in [4.69, 9.17) is 0 Å². The van der Waals surface area contributed by atoms with Crippen LogP contribution in [0.1, 0.15) is 52.0 Å². The molecule has 0 saturated heterocycles. The molecule has 1 N–H and O–H groups in total. The minimum atomic E-state index is -0.756. The monoisotopic (exact) mass is 295 g/mol. The minimum Gasteiger partial charge on any atom is -0.312 e. The number of hydrogen-bond acceptors (Lipinski definition) is 1. The number of rotatable bonds is 4. The van der Waals surface area contributed by atoms with Crippen LogP contribution in [-0.2, 0) is 6.42 Å². The van der Waals surface area contributed by atoms with E-state index < -0.39 is 11.6 Å². The van der Waals surface area contributed by atoms with Crippen molar-refractivity contribution < 1.29 is 8.78 Å². The first-order valence-corrected chi connectivity index (χ1v) is 8.04. The standard InChI is InChI=1S/C18H27F2N/c1-18(2,3)21-12-15-7-5-4-6-14(15)10-13-8-9-16(19)17(20)11-13/h8-9,11,14-15,21H,4-7,10,12H2,1-3H3. The third kappa shape index (κ3) is 5.06. The molecule has 3 heteroatoms. The predicted molar refractivity (Wildman–Crippen MR) is 83.3 cm³/mol. The van der Waals surface area contributed by atoms with Crippen molar-refractivity contribution in [1.82, 2.24) is 5.32 Å². The first kappa shape index (κ1) is 16.4. The van der Waals surface area contributed by atoms with Gasteiger partial charge in [0, 0.05) is 5.54 Å². The highest BCUT2D eigenvalue weighted by Gasteiger charge is 2.26. The van der Waals surface area contributed by atoms with E-state index in [9.17, 15) is 8.78 Å². The number of nitrogens with one attached hydrogen (secondary N) is 1. The number of benzene rings is 1. The van der Waals surface area contributed by atoms with Gasteiger partial charge in [-0.3, -0.25) is 0 Å². The number of hydrogen-bond donors (Lipinski definition) is 1. The summed E-state index contributed by atoms with van der Waals surface area (Å²) in [5.41, 5.74) is 1.05. The topological polar surface area (TPSA) is 12.0 Å². The molecule has 0 aliphatic heterocycles. The van der Waals surface area contributed by atoms with Gasteiger partial charge in [0.25, 0.3) is 0 Å². The molecule has 0 aromatic heterocycles. The Balaban J connectivity index is 1.99. The third-order valence-corrected chi connectivity index (χ3v) is 4.44. The summed E-state index contributed by atoms with van der Waals surface area (Å²) >= 11 is 0. The average Bonchev–Trinajstić information content (AvgIpc) is 2.41. The number of halogens is 2. The van der Waals surface area contributed by atoms with E-state index in [1.807, 2.05) is 0 Å². The predicted octanol–water partition coefficient (Wildman–Crippen LogP) is 4.70. The van der Waals surface area contributed by atoms with Crippen LogP contribution in [0.25, 0.3) is 0 Å². The summed E-state index contributed by atoms with van der Waals surface area (Å²) in [7, 11) is 0. The van der Waals surface area contributed by atoms with Gasteiger partial charge in [0.15, 0.2) is 11.6 Å². The maximum absolute atomic E-state index is 13.3. The molecule has 0 amide bonds. The van der Waals surface area contributed by atoms with Crippen molar-refractivity contribution in [2.75, 3.05) is 6.54 Å². The normalized spacial score (nSPS) is 23.3. The fourth-order valence-electron chi connectivity index (χ4n) is 3.23. The van der Waals surface area contributed by atoms with E-state index in [0.717, 1.165) is 18.5 Å². The van der Waals surface area contributed by atoms with Crippen LogP contribution in [0.2, 0.25) is 0 Å². The molecule has 2 unspecified atom stereocenters. The van der Waals surface area contributed by atoms with Crippen molar-refractivity contribution >= 4 is 0 Å². The van der Waals surface area contributed by atoms with Crippen LogP contribution in [0.3, 0.4) is 0 Å². The van der Waals surface area contributed by atoms with Gasteiger partial charge in [-0.25, -0.2) is 8.78 Å². The summed E-state index contributed by atoms with van der Waals surface area (Å²) in [6.07, 6.45) is 5.81. The molecule has 21 heavy (non-hydrogen) atoms. The smallest absolute Gasteiger partial charge is 0.159 e. The van der Waals surface area contributed by atoms with Crippen molar-refractivity contribution in [2.24, 2.45) is 11.8 Å². The van der Waals surface area contributed by atoms with Crippen LogP contribution >= 0.6 is 0 Å². The Morgan fingerprint density at radius 1 is 1.05 bits per heavy atom. The highest BCUT2D eigenvalue weighted by Crippen LogP contribution is 2.32. The molecule has 118 valence electrons. The SMILES string of the molecule is CC(C)(C)NCC1CCCCC1Cc1ccc(F)c(F)c1. The lowest BCUT2D eigenvalue weighted by Crippen LogP contribution is -2.41. The molecule has 1 aromatic carbocycles. The van der Waals surface area contributed by atoms with E-state index in [1.165, 1.54) is 37.8 Å². The second-order valence-electron chi connectivity index (χ2n) is 7.39. The van der Waals surface area contributed by atoms with Crippen LogP contribution in [0, 0.1) is 23.5 Å². The van der Waals surface area contributed by atoms with E-state index in [-0.39, 0.29) is 5.54 Å². The van der Waals surface area contributed by atoms with Gasteiger partial charge in [-0.15, -0.1) is 0 Å². The Morgan fingerprint density at radius 2 is 1.71 bits per heavy atom. The molecule has 1 saturated carbocycles. The Kier molecular flexibility index (Phi) is 5.37. The summed E-state index contributed by atoms with van der Waals surface area (Å²) in [5.74, 6) is -0.287. The quantitative estimate of drug-likeness (QED) is 0.849. The van der Waals surface area contributed by atoms with Crippen LogP contribution in [0.5, 0.6) is 0 Å². The van der Waals surface area contributed by atoms with Crippen LogP contribution in [-0.4, -0.2) is 12.1 Å². The average molecular weight is 295 g/mol. The maximum Gasteiger partial charge on any atom is 0.159 e. The van der Waals surface area contributed by atoms with Crippen molar-refractivity contribution in [3.05, 3.63) is 35.4 Å². The first-order valence-electron chi connectivity index (χ1n) is 8.04. The summed E-state index contributed by atoms with van der Waals surface area (Å²) in [6.45, 7) is 7.55. The second-order valence-corrected chi connectivity index (χ2v) is 7.39.